The standard InChI is InChI=1S/C28H26N4O3S/c1-18-8-10-20(11-9-18)24-16-23(19-6-4-3-5-7-19)31-32(24)28-30-27(34)25(36-28)17-26(33)29-21-12-14-22(35-2)15-13-21/h3-15,24-25H,16-17H2,1-2H3,(H,29,33)/t24-,25-/m1/s1. The molecule has 36 heavy (non-hydrogen) atoms. The van der Waals surface area contributed by atoms with Gasteiger partial charge in [-0.3, -0.25) is 9.59 Å². The zero-order chi connectivity index (χ0) is 25.1. The van der Waals surface area contributed by atoms with Crippen LogP contribution in [-0.4, -0.2) is 40.1 Å². The highest BCUT2D eigenvalue weighted by atomic mass is 32.2. The second kappa shape index (κ2) is 10.4. The first-order valence-electron chi connectivity index (χ1n) is 11.7. The van der Waals surface area contributed by atoms with Gasteiger partial charge < -0.3 is 10.1 Å². The van der Waals surface area contributed by atoms with Gasteiger partial charge in [-0.2, -0.15) is 10.1 Å². The molecule has 2 atom stereocenters. The van der Waals surface area contributed by atoms with Crippen molar-refractivity contribution in [2.75, 3.05) is 12.4 Å². The molecule has 0 unspecified atom stereocenters. The van der Waals surface area contributed by atoms with Crippen molar-refractivity contribution < 1.29 is 14.3 Å². The van der Waals surface area contributed by atoms with Crippen molar-refractivity contribution in [2.45, 2.75) is 31.1 Å². The molecule has 7 nitrogen and oxygen atoms in total. The van der Waals surface area contributed by atoms with E-state index in [1.807, 2.05) is 35.3 Å². The molecular formula is C28H26N4O3S. The SMILES string of the molecule is COc1ccc(NC(=O)C[C@H]2SC(N3N=C(c4ccccc4)C[C@@H]3c3ccc(C)cc3)=NC2=O)cc1. The van der Waals surface area contributed by atoms with Crippen LogP contribution in [0.3, 0.4) is 0 Å². The maximum atomic E-state index is 12.8. The van der Waals surface area contributed by atoms with Crippen LogP contribution >= 0.6 is 11.8 Å². The van der Waals surface area contributed by atoms with Gasteiger partial charge in [0.1, 0.15) is 11.0 Å². The topological polar surface area (TPSA) is 83.4 Å². The van der Waals surface area contributed by atoms with E-state index in [1.54, 1.807) is 31.4 Å². The zero-order valence-electron chi connectivity index (χ0n) is 20.0. The predicted molar refractivity (Wildman–Crippen MR) is 143 cm³/mol. The molecule has 0 spiro atoms. The Hall–Kier alpha value is -3.91. The van der Waals surface area contributed by atoms with Crippen molar-refractivity contribution >= 4 is 40.1 Å². The highest BCUT2D eigenvalue weighted by Crippen LogP contribution is 2.38. The molecule has 3 aromatic carbocycles. The number of methoxy groups -OCH3 is 1. The van der Waals surface area contributed by atoms with Crippen molar-refractivity contribution in [2.24, 2.45) is 10.1 Å². The molecule has 2 aliphatic rings. The molecule has 0 saturated carbocycles. The van der Waals surface area contributed by atoms with E-state index >= 15 is 0 Å². The summed E-state index contributed by atoms with van der Waals surface area (Å²) in [5.41, 5.74) is 4.92. The van der Waals surface area contributed by atoms with Crippen molar-refractivity contribution in [3.8, 4) is 5.75 Å². The number of ether oxygens (including phenoxy) is 1. The minimum atomic E-state index is -0.590. The zero-order valence-corrected chi connectivity index (χ0v) is 20.9. The Morgan fingerprint density at radius 2 is 1.78 bits per heavy atom. The number of anilines is 1. The molecule has 0 aliphatic carbocycles. The summed E-state index contributed by atoms with van der Waals surface area (Å²) in [6.07, 6.45) is 0.726. The second-order valence-electron chi connectivity index (χ2n) is 8.71. The first-order chi connectivity index (χ1) is 17.5. The number of nitrogens with one attached hydrogen (secondary N) is 1. The number of hydrazone groups is 1. The Kier molecular flexibility index (Phi) is 6.86. The smallest absolute Gasteiger partial charge is 0.262 e. The molecule has 182 valence electrons. The summed E-state index contributed by atoms with van der Waals surface area (Å²) in [4.78, 5) is 29.7. The van der Waals surface area contributed by atoms with E-state index in [4.69, 9.17) is 9.84 Å². The highest BCUT2D eigenvalue weighted by molar-refractivity contribution is 8.15. The van der Waals surface area contributed by atoms with Crippen LogP contribution < -0.4 is 10.1 Å². The summed E-state index contributed by atoms with van der Waals surface area (Å²) in [6, 6.07) is 25.4. The quantitative estimate of drug-likeness (QED) is 0.506. The molecule has 5 rings (SSSR count). The van der Waals surface area contributed by atoms with Crippen LogP contribution in [-0.2, 0) is 9.59 Å². The number of thioether (sulfide) groups is 1. The Morgan fingerprint density at radius 3 is 2.47 bits per heavy atom. The average molecular weight is 499 g/mol. The van der Waals surface area contributed by atoms with Crippen LogP contribution in [0.4, 0.5) is 5.69 Å². The lowest BCUT2D eigenvalue weighted by Crippen LogP contribution is -2.25. The van der Waals surface area contributed by atoms with E-state index in [2.05, 4.69) is 41.5 Å². The van der Waals surface area contributed by atoms with Gasteiger partial charge in [0.05, 0.1) is 18.9 Å². The number of hydrogen-bond acceptors (Lipinski definition) is 6. The maximum Gasteiger partial charge on any atom is 0.262 e. The molecule has 1 N–H and O–H groups in total. The number of carbonyl (C=O) groups is 2. The summed E-state index contributed by atoms with van der Waals surface area (Å²) in [5.74, 6) is 0.148. The van der Waals surface area contributed by atoms with Gasteiger partial charge in [0.25, 0.3) is 5.91 Å². The van der Waals surface area contributed by atoms with Gasteiger partial charge in [-0.05, 0) is 42.3 Å². The van der Waals surface area contributed by atoms with E-state index in [1.165, 1.54) is 17.3 Å². The minimum Gasteiger partial charge on any atom is -0.497 e. The number of aryl methyl sites for hydroxylation is 1. The van der Waals surface area contributed by atoms with Gasteiger partial charge in [-0.1, -0.05) is 71.9 Å². The second-order valence-corrected chi connectivity index (χ2v) is 9.88. The maximum absolute atomic E-state index is 12.8. The number of hydrogen-bond donors (Lipinski definition) is 1. The Morgan fingerprint density at radius 1 is 1.06 bits per heavy atom. The van der Waals surface area contributed by atoms with Gasteiger partial charge >= 0.3 is 0 Å². The molecule has 2 heterocycles. The van der Waals surface area contributed by atoms with Crippen molar-refractivity contribution in [3.63, 3.8) is 0 Å². The van der Waals surface area contributed by atoms with E-state index in [0.717, 1.165) is 16.8 Å². The van der Waals surface area contributed by atoms with Crippen LogP contribution in [0.15, 0.2) is 89.0 Å². The third kappa shape index (κ3) is 5.18. The molecule has 2 amide bonds. The van der Waals surface area contributed by atoms with Gasteiger partial charge in [-0.15, -0.1) is 0 Å². The minimum absolute atomic E-state index is 0.0286. The van der Waals surface area contributed by atoms with Crippen molar-refractivity contribution in [1.82, 2.24) is 5.01 Å². The van der Waals surface area contributed by atoms with Crippen molar-refractivity contribution in [1.29, 1.82) is 0 Å². The number of aliphatic imine (C=N–C) groups is 1. The van der Waals surface area contributed by atoms with Gasteiger partial charge in [-0.25, -0.2) is 5.01 Å². The van der Waals surface area contributed by atoms with Crippen LogP contribution in [0.2, 0.25) is 0 Å². The summed E-state index contributed by atoms with van der Waals surface area (Å²) in [6.45, 7) is 2.05. The third-order valence-electron chi connectivity index (χ3n) is 6.15. The van der Waals surface area contributed by atoms with E-state index in [9.17, 15) is 9.59 Å². The third-order valence-corrected chi connectivity index (χ3v) is 7.29. The lowest BCUT2D eigenvalue weighted by atomic mass is 9.98. The normalized spacial score (nSPS) is 19.2. The number of amides is 2. The lowest BCUT2D eigenvalue weighted by Gasteiger charge is -2.23. The molecular weight excluding hydrogens is 472 g/mol. The van der Waals surface area contributed by atoms with Gasteiger partial charge in [0.15, 0.2) is 5.17 Å². The summed E-state index contributed by atoms with van der Waals surface area (Å²) >= 11 is 1.30. The Labute approximate surface area is 214 Å². The van der Waals surface area contributed by atoms with E-state index in [0.29, 0.717) is 23.0 Å². The number of amidine groups is 1. The number of rotatable bonds is 6. The molecule has 0 aromatic heterocycles. The fraction of sp³-hybridized carbons (Fsp3) is 0.214. The predicted octanol–water partition coefficient (Wildman–Crippen LogP) is 5.18. The number of benzene rings is 3. The molecule has 0 saturated heterocycles. The first kappa shape index (κ1) is 23.8. The molecule has 8 heteroatoms. The van der Waals surface area contributed by atoms with Crippen LogP contribution in [0.5, 0.6) is 5.75 Å². The van der Waals surface area contributed by atoms with Crippen LogP contribution in [0, 0.1) is 6.92 Å². The van der Waals surface area contributed by atoms with Crippen LogP contribution in [0.1, 0.15) is 35.6 Å². The molecule has 2 aliphatic heterocycles. The highest BCUT2D eigenvalue weighted by Gasteiger charge is 2.39. The van der Waals surface area contributed by atoms with Gasteiger partial charge in [0, 0.05) is 18.5 Å². The Balaban J connectivity index is 1.32. The molecule has 0 fully saturated rings. The number of nitrogens with zero attached hydrogens (tertiary/aromatic N) is 3. The average Bonchev–Trinajstić information content (AvgIpc) is 3.49. The first-order valence-corrected chi connectivity index (χ1v) is 12.6. The summed E-state index contributed by atoms with van der Waals surface area (Å²) in [7, 11) is 1.59. The summed E-state index contributed by atoms with van der Waals surface area (Å²) < 4.78 is 5.15. The van der Waals surface area contributed by atoms with E-state index in [-0.39, 0.29) is 24.3 Å². The Bertz CT molecular complexity index is 1320. The molecule has 0 bridgehead atoms. The van der Waals surface area contributed by atoms with Gasteiger partial charge in [0.2, 0.25) is 5.91 Å². The molecule has 0 radical (unpaired) electrons. The van der Waals surface area contributed by atoms with Crippen molar-refractivity contribution in [3.05, 3.63) is 95.6 Å². The fourth-order valence-corrected chi connectivity index (χ4v) is 5.26. The lowest BCUT2D eigenvalue weighted by molar-refractivity contribution is -0.121. The molecule has 3 aromatic rings. The van der Waals surface area contributed by atoms with Crippen LogP contribution in [0.25, 0.3) is 0 Å². The fourth-order valence-electron chi connectivity index (χ4n) is 4.20. The number of carbonyl (C=O) groups excluding carboxylic acids is 2. The monoisotopic (exact) mass is 498 g/mol. The largest absolute Gasteiger partial charge is 0.497 e. The summed E-state index contributed by atoms with van der Waals surface area (Å²) in [5, 5.41) is 9.51. The van der Waals surface area contributed by atoms with E-state index < -0.39 is 5.25 Å².